The van der Waals surface area contributed by atoms with Crippen LogP contribution in [-0.4, -0.2) is 30.3 Å². The maximum Gasteiger partial charge on any atom is 0.540 e. The molecule has 2 amide bonds. The van der Waals surface area contributed by atoms with Crippen molar-refractivity contribution in [3.63, 3.8) is 0 Å². The molecule has 1 aromatic rings. The number of carbonyl (C=O) groups is 1. The summed E-state index contributed by atoms with van der Waals surface area (Å²) in [6.45, 7) is 4.38. The molecular formula is C13H14F4N2O3. The largest absolute Gasteiger partial charge is 0.540 e. The number of urea groups is 1. The summed E-state index contributed by atoms with van der Waals surface area (Å²) < 4.78 is 60.3. The third-order valence-electron chi connectivity index (χ3n) is 3.07. The summed E-state index contributed by atoms with van der Waals surface area (Å²) >= 11 is 0. The van der Waals surface area contributed by atoms with Crippen LogP contribution in [0.25, 0.3) is 0 Å². The normalized spacial score (nSPS) is 18.1. The smallest absolute Gasteiger partial charge is 0.409 e. The van der Waals surface area contributed by atoms with Gasteiger partial charge in [-0.05, 0) is 32.0 Å². The fraction of sp³-hybridized carbons (Fsp3) is 0.462. The van der Waals surface area contributed by atoms with Crippen LogP contribution in [-0.2, 0) is 10.8 Å². The molecule has 1 aliphatic rings. The number of rotatable bonds is 3. The van der Waals surface area contributed by atoms with Crippen LogP contribution in [0.4, 0.5) is 28.0 Å². The molecule has 1 heterocycles. The van der Waals surface area contributed by atoms with E-state index in [1.165, 1.54) is 11.0 Å². The highest BCUT2D eigenvalue weighted by Gasteiger charge is 2.54. The minimum atomic E-state index is -4.41. The van der Waals surface area contributed by atoms with Crippen molar-refractivity contribution in [2.45, 2.75) is 26.3 Å². The van der Waals surface area contributed by atoms with Gasteiger partial charge in [-0.15, -0.1) is 8.78 Å². The quantitative estimate of drug-likeness (QED) is 0.866. The monoisotopic (exact) mass is 322 g/mol. The van der Waals surface area contributed by atoms with Crippen molar-refractivity contribution in [1.82, 2.24) is 4.90 Å². The van der Waals surface area contributed by atoms with Gasteiger partial charge in [-0.3, -0.25) is 0 Å². The van der Waals surface area contributed by atoms with E-state index in [2.05, 4.69) is 14.8 Å². The number of amides is 2. The number of fused-ring (bicyclic) bond motifs is 1. The molecule has 1 aromatic carbocycles. The van der Waals surface area contributed by atoms with Gasteiger partial charge < -0.3 is 15.0 Å². The standard InChI is InChI=1S/C13H14F4N2O3/c1-3-19(4-2)11(20)18-8-5-6-10-9(7-8)12(14,15)22-13(16,17)21-10/h5-7H,3-4H2,1-2H3,(H,18,20). The fourth-order valence-corrected chi connectivity index (χ4v) is 1.99. The molecule has 122 valence electrons. The summed E-state index contributed by atoms with van der Waals surface area (Å²) in [4.78, 5) is 13.3. The summed E-state index contributed by atoms with van der Waals surface area (Å²) in [6.07, 6.45) is -8.64. The summed E-state index contributed by atoms with van der Waals surface area (Å²) in [7, 11) is 0. The van der Waals surface area contributed by atoms with Crippen molar-refractivity contribution in [2.24, 2.45) is 0 Å². The van der Waals surface area contributed by atoms with Crippen molar-refractivity contribution < 1.29 is 31.8 Å². The second kappa shape index (κ2) is 5.64. The molecule has 0 aliphatic carbocycles. The highest BCUT2D eigenvalue weighted by molar-refractivity contribution is 5.89. The van der Waals surface area contributed by atoms with Crippen LogP contribution in [0, 0.1) is 0 Å². The molecule has 22 heavy (non-hydrogen) atoms. The van der Waals surface area contributed by atoms with Crippen LogP contribution >= 0.6 is 0 Å². The molecule has 0 bridgehead atoms. The van der Waals surface area contributed by atoms with E-state index in [9.17, 15) is 22.4 Å². The molecule has 1 N–H and O–H groups in total. The average molecular weight is 322 g/mol. The third-order valence-corrected chi connectivity index (χ3v) is 3.07. The number of benzene rings is 1. The molecule has 1 aliphatic heterocycles. The molecule has 0 radical (unpaired) electrons. The zero-order valence-electron chi connectivity index (χ0n) is 11.8. The number of anilines is 1. The first-order valence-electron chi connectivity index (χ1n) is 6.53. The lowest BCUT2D eigenvalue weighted by Crippen LogP contribution is -2.41. The Labute approximate surface area is 123 Å². The molecule has 0 spiro atoms. The lowest BCUT2D eigenvalue weighted by atomic mass is 10.1. The molecule has 0 fully saturated rings. The number of nitrogens with zero attached hydrogens (tertiary/aromatic N) is 1. The Morgan fingerprint density at radius 3 is 2.45 bits per heavy atom. The van der Waals surface area contributed by atoms with Crippen LogP contribution in [0.5, 0.6) is 5.75 Å². The van der Waals surface area contributed by atoms with Gasteiger partial charge in [0.25, 0.3) is 0 Å². The van der Waals surface area contributed by atoms with Gasteiger partial charge in [0.15, 0.2) is 0 Å². The number of halogens is 4. The molecule has 0 saturated carbocycles. The maximum absolute atomic E-state index is 13.6. The lowest BCUT2D eigenvalue weighted by molar-refractivity contribution is -0.461. The molecule has 2 rings (SSSR count). The molecule has 0 atom stereocenters. The van der Waals surface area contributed by atoms with Crippen LogP contribution < -0.4 is 10.1 Å². The van der Waals surface area contributed by atoms with E-state index in [1.807, 2.05) is 0 Å². The Morgan fingerprint density at radius 2 is 1.86 bits per heavy atom. The Morgan fingerprint density at radius 1 is 1.23 bits per heavy atom. The summed E-state index contributed by atoms with van der Waals surface area (Å²) in [5, 5.41) is 2.41. The predicted molar refractivity (Wildman–Crippen MR) is 68.9 cm³/mol. The molecular weight excluding hydrogens is 308 g/mol. The highest BCUT2D eigenvalue weighted by atomic mass is 19.3. The van der Waals surface area contributed by atoms with Gasteiger partial charge in [-0.1, -0.05) is 0 Å². The molecule has 9 heteroatoms. The van der Waals surface area contributed by atoms with Crippen LogP contribution in [0.3, 0.4) is 0 Å². The number of hydrogen-bond acceptors (Lipinski definition) is 3. The molecule has 0 saturated heterocycles. The van der Waals surface area contributed by atoms with Crippen LogP contribution in [0.2, 0.25) is 0 Å². The van der Waals surface area contributed by atoms with Crippen molar-refractivity contribution >= 4 is 11.7 Å². The van der Waals surface area contributed by atoms with Gasteiger partial charge in [-0.2, -0.15) is 8.78 Å². The van der Waals surface area contributed by atoms with Gasteiger partial charge in [-0.25, -0.2) is 9.53 Å². The average Bonchev–Trinajstić information content (AvgIpc) is 2.39. The predicted octanol–water partition coefficient (Wildman–Crippen LogP) is 3.57. The first-order valence-corrected chi connectivity index (χ1v) is 6.53. The van der Waals surface area contributed by atoms with Gasteiger partial charge >= 0.3 is 18.4 Å². The maximum atomic E-state index is 13.6. The van der Waals surface area contributed by atoms with E-state index in [0.29, 0.717) is 13.1 Å². The second-order valence-electron chi connectivity index (χ2n) is 4.50. The topological polar surface area (TPSA) is 50.8 Å². The first-order chi connectivity index (χ1) is 10.2. The SMILES string of the molecule is CCN(CC)C(=O)Nc1ccc2c(c1)C(F)(F)OC(F)(F)O2. The number of ether oxygens (including phenoxy) is 2. The van der Waals surface area contributed by atoms with Gasteiger partial charge in [0.1, 0.15) is 5.75 Å². The molecule has 5 nitrogen and oxygen atoms in total. The van der Waals surface area contributed by atoms with Gasteiger partial charge in [0.2, 0.25) is 0 Å². The van der Waals surface area contributed by atoms with E-state index >= 15 is 0 Å². The number of alkyl halides is 4. The lowest BCUT2D eigenvalue weighted by Gasteiger charge is -2.30. The number of nitrogens with one attached hydrogen (secondary N) is 1. The molecule has 0 aromatic heterocycles. The van der Waals surface area contributed by atoms with E-state index < -0.39 is 29.7 Å². The third kappa shape index (κ3) is 3.24. The molecule has 0 unspecified atom stereocenters. The number of hydrogen-bond donors (Lipinski definition) is 1. The Bertz CT molecular complexity index is 576. The van der Waals surface area contributed by atoms with Crippen molar-refractivity contribution in [3.8, 4) is 5.75 Å². The summed E-state index contributed by atoms with van der Waals surface area (Å²) in [5.41, 5.74) is -0.858. The van der Waals surface area contributed by atoms with Crippen LogP contribution in [0.15, 0.2) is 18.2 Å². The van der Waals surface area contributed by atoms with Crippen molar-refractivity contribution in [3.05, 3.63) is 23.8 Å². The minimum absolute atomic E-state index is 0.0211. The fourth-order valence-electron chi connectivity index (χ4n) is 1.99. The summed E-state index contributed by atoms with van der Waals surface area (Å²) in [5.74, 6) is -0.706. The van der Waals surface area contributed by atoms with Crippen molar-refractivity contribution in [1.29, 1.82) is 0 Å². The van der Waals surface area contributed by atoms with Gasteiger partial charge in [0, 0.05) is 18.8 Å². The Balaban J connectivity index is 2.27. The van der Waals surface area contributed by atoms with Gasteiger partial charge in [0.05, 0.1) is 5.56 Å². The number of carbonyl (C=O) groups excluding carboxylic acids is 1. The zero-order valence-corrected chi connectivity index (χ0v) is 11.8. The van der Waals surface area contributed by atoms with Crippen molar-refractivity contribution in [2.75, 3.05) is 18.4 Å². The highest BCUT2D eigenvalue weighted by Crippen LogP contribution is 2.46. The van der Waals surface area contributed by atoms with E-state index in [4.69, 9.17) is 0 Å². The van der Waals surface area contributed by atoms with Crippen LogP contribution in [0.1, 0.15) is 19.4 Å². The zero-order chi connectivity index (χ0) is 16.5. The second-order valence-corrected chi connectivity index (χ2v) is 4.50. The van der Waals surface area contributed by atoms with E-state index in [1.54, 1.807) is 13.8 Å². The van der Waals surface area contributed by atoms with E-state index in [0.717, 1.165) is 12.1 Å². The van der Waals surface area contributed by atoms with E-state index in [-0.39, 0.29) is 5.69 Å². The Kier molecular flexibility index (Phi) is 4.19. The summed E-state index contributed by atoms with van der Waals surface area (Å²) in [6, 6.07) is 2.47. The minimum Gasteiger partial charge on any atom is -0.409 e. The Hall–Kier alpha value is -2.03. The first kappa shape index (κ1) is 16.3.